The number of nitrogens with one attached hydrogen (secondary N) is 2. The maximum Gasteiger partial charge on any atom is 0.231 e. The number of anilines is 2. The molecule has 4 nitrogen and oxygen atoms in total. The molecule has 0 aromatic heterocycles. The molecule has 4 heteroatoms. The van der Waals surface area contributed by atoms with E-state index in [-0.39, 0.29) is 11.3 Å². The van der Waals surface area contributed by atoms with Crippen molar-refractivity contribution in [2.45, 2.75) is 40.2 Å². The molecule has 0 spiro atoms. The fraction of sp³-hybridized carbons (Fsp3) is 0.588. The maximum atomic E-state index is 12.4. The first-order chi connectivity index (χ1) is 9.96. The Morgan fingerprint density at radius 3 is 2.52 bits per heavy atom. The van der Waals surface area contributed by atoms with E-state index in [0.29, 0.717) is 6.04 Å². The van der Waals surface area contributed by atoms with Crippen molar-refractivity contribution in [1.82, 2.24) is 5.32 Å². The summed E-state index contributed by atoms with van der Waals surface area (Å²) in [4.78, 5) is 14.7. The third-order valence-electron chi connectivity index (χ3n) is 4.34. The van der Waals surface area contributed by atoms with Gasteiger partial charge in [0.05, 0.1) is 5.41 Å². The van der Waals surface area contributed by atoms with Crippen LogP contribution in [0.15, 0.2) is 24.3 Å². The van der Waals surface area contributed by atoms with Gasteiger partial charge in [-0.25, -0.2) is 0 Å². The van der Waals surface area contributed by atoms with Gasteiger partial charge in [-0.15, -0.1) is 0 Å². The van der Waals surface area contributed by atoms with Crippen LogP contribution in [0.5, 0.6) is 0 Å². The van der Waals surface area contributed by atoms with Crippen LogP contribution < -0.4 is 15.5 Å². The first-order valence-corrected chi connectivity index (χ1v) is 7.85. The topological polar surface area (TPSA) is 44.4 Å². The largest absolute Gasteiger partial charge is 0.369 e. The molecule has 1 saturated heterocycles. The SMILES string of the molecule is CCN(c1ccc(NC(=O)C2(C)CCNC2)cc1)C(C)C. The zero-order valence-corrected chi connectivity index (χ0v) is 13.6. The fourth-order valence-corrected chi connectivity index (χ4v) is 2.87. The van der Waals surface area contributed by atoms with E-state index >= 15 is 0 Å². The minimum Gasteiger partial charge on any atom is -0.369 e. The Bertz CT molecular complexity index is 475. The Labute approximate surface area is 127 Å². The van der Waals surface area contributed by atoms with E-state index in [2.05, 4.69) is 48.4 Å². The predicted molar refractivity (Wildman–Crippen MR) is 88.8 cm³/mol. The van der Waals surface area contributed by atoms with E-state index in [0.717, 1.165) is 31.7 Å². The number of amides is 1. The molecule has 1 amide bonds. The van der Waals surface area contributed by atoms with E-state index in [9.17, 15) is 4.79 Å². The van der Waals surface area contributed by atoms with Gasteiger partial charge in [0.2, 0.25) is 5.91 Å². The van der Waals surface area contributed by atoms with Crippen molar-refractivity contribution in [2.24, 2.45) is 5.41 Å². The molecule has 0 radical (unpaired) electrons. The number of hydrogen-bond acceptors (Lipinski definition) is 3. The zero-order chi connectivity index (χ0) is 15.5. The van der Waals surface area contributed by atoms with Gasteiger partial charge in [-0.1, -0.05) is 0 Å². The van der Waals surface area contributed by atoms with Crippen LogP contribution in [0.4, 0.5) is 11.4 Å². The number of hydrogen-bond donors (Lipinski definition) is 2. The third-order valence-corrected chi connectivity index (χ3v) is 4.34. The van der Waals surface area contributed by atoms with Crippen LogP contribution in [0.25, 0.3) is 0 Å². The van der Waals surface area contributed by atoms with E-state index in [1.54, 1.807) is 0 Å². The Balaban J connectivity index is 2.04. The summed E-state index contributed by atoms with van der Waals surface area (Å²) in [5.41, 5.74) is 1.78. The first-order valence-electron chi connectivity index (χ1n) is 7.85. The van der Waals surface area contributed by atoms with Crippen LogP contribution in [-0.2, 0) is 4.79 Å². The van der Waals surface area contributed by atoms with Crippen molar-refractivity contribution < 1.29 is 4.79 Å². The summed E-state index contributed by atoms with van der Waals surface area (Å²) in [5.74, 6) is 0.108. The molecule has 1 heterocycles. The second-order valence-electron chi connectivity index (χ2n) is 6.37. The minimum absolute atomic E-state index is 0.108. The molecule has 1 aromatic rings. The average Bonchev–Trinajstić information content (AvgIpc) is 2.89. The van der Waals surface area contributed by atoms with Crippen molar-refractivity contribution in [3.05, 3.63) is 24.3 Å². The molecular weight excluding hydrogens is 262 g/mol. The zero-order valence-electron chi connectivity index (χ0n) is 13.6. The van der Waals surface area contributed by atoms with E-state index in [1.807, 2.05) is 19.1 Å². The molecule has 1 aromatic carbocycles. The normalized spacial score (nSPS) is 21.6. The van der Waals surface area contributed by atoms with E-state index in [4.69, 9.17) is 0 Å². The van der Waals surface area contributed by atoms with E-state index in [1.165, 1.54) is 5.69 Å². The highest BCUT2D eigenvalue weighted by Crippen LogP contribution is 2.27. The summed E-state index contributed by atoms with van der Waals surface area (Å²) in [6.45, 7) is 11.2. The molecule has 1 unspecified atom stereocenters. The lowest BCUT2D eigenvalue weighted by atomic mass is 9.89. The van der Waals surface area contributed by atoms with Crippen LogP contribution in [0.3, 0.4) is 0 Å². The Kier molecular flexibility index (Phi) is 4.88. The van der Waals surface area contributed by atoms with Gasteiger partial charge in [0, 0.05) is 30.5 Å². The van der Waals surface area contributed by atoms with Gasteiger partial charge in [-0.2, -0.15) is 0 Å². The van der Waals surface area contributed by atoms with E-state index < -0.39 is 0 Å². The number of carbonyl (C=O) groups is 1. The van der Waals surface area contributed by atoms with Crippen molar-refractivity contribution in [3.8, 4) is 0 Å². The molecule has 1 aliphatic rings. The molecule has 1 aliphatic heterocycles. The van der Waals surface area contributed by atoms with Gasteiger partial charge in [-0.3, -0.25) is 4.79 Å². The maximum absolute atomic E-state index is 12.4. The Morgan fingerprint density at radius 1 is 1.38 bits per heavy atom. The van der Waals surface area contributed by atoms with Crippen LogP contribution in [0.2, 0.25) is 0 Å². The lowest BCUT2D eigenvalue weighted by molar-refractivity contribution is -0.123. The van der Waals surface area contributed by atoms with Gasteiger partial charge >= 0.3 is 0 Å². The number of nitrogens with zero attached hydrogens (tertiary/aromatic N) is 1. The minimum atomic E-state index is -0.286. The molecule has 116 valence electrons. The van der Waals surface area contributed by atoms with Crippen molar-refractivity contribution >= 4 is 17.3 Å². The van der Waals surface area contributed by atoms with Crippen molar-refractivity contribution in [2.75, 3.05) is 29.9 Å². The molecule has 1 atom stereocenters. The molecule has 0 aliphatic carbocycles. The van der Waals surface area contributed by atoms with Crippen LogP contribution >= 0.6 is 0 Å². The van der Waals surface area contributed by atoms with Crippen molar-refractivity contribution in [1.29, 1.82) is 0 Å². The third kappa shape index (κ3) is 3.56. The molecule has 2 N–H and O–H groups in total. The smallest absolute Gasteiger partial charge is 0.231 e. The quantitative estimate of drug-likeness (QED) is 0.876. The van der Waals surface area contributed by atoms with Crippen LogP contribution in [0, 0.1) is 5.41 Å². The highest BCUT2D eigenvalue weighted by Gasteiger charge is 2.36. The number of rotatable bonds is 5. The van der Waals surface area contributed by atoms with Gasteiger partial charge < -0.3 is 15.5 Å². The van der Waals surface area contributed by atoms with Gasteiger partial charge in [0.25, 0.3) is 0 Å². The molecule has 2 rings (SSSR count). The summed E-state index contributed by atoms with van der Waals surface area (Å²) in [6, 6.07) is 8.61. The highest BCUT2D eigenvalue weighted by molar-refractivity contribution is 5.95. The molecule has 0 bridgehead atoms. The summed E-state index contributed by atoms with van der Waals surface area (Å²) < 4.78 is 0. The Hall–Kier alpha value is -1.55. The second kappa shape index (κ2) is 6.48. The van der Waals surface area contributed by atoms with Crippen LogP contribution in [0.1, 0.15) is 34.1 Å². The first kappa shape index (κ1) is 15.8. The standard InChI is InChI=1S/C17H27N3O/c1-5-20(13(2)3)15-8-6-14(7-9-15)19-16(21)17(4)10-11-18-12-17/h6-9,13,18H,5,10-12H2,1-4H3,(H,19,21). The van der Waals surface area contributed by atoms with Gasteiger partial charge in [0.15, 0.2) is 0 Å². The lowest BCUT2D eigenvalue weighted by Gasteiger charge is -2.28. The molecule has 0 saturated carbocycles. The van der Waals surface area contributed by atoms with Gasteiger partial charge in [0.1, 0.15) is 0 Å². The number of benzene rings is 1. The van der Waals surface area contributed by atoms with Gasteiger partial charge in [-0.05, 0) is 64.9 Å². The molecule has 21 heavy (non-hydrogen) atoms. The summed E-state index contributed by atoms with van der Waals surface area (Å²) in [6.07, 6.45) is 0.897. The summed E-state index contributed by atoms with van der Waals surface area (Å²) in [7, 11) is 0. The second-order valence-corrected chi connectivity index (χ2v) is 6.37. The summed E-state index contributed by atoms with van der Waals surface area (Å²) >= 11 is 0. The fourth-order valence-electron chi connectivity index (χ4n) is 2.87. The number of carbonyl (C=O) groups excluding carboxylic acids is 1. The Morgan fingerprint density at radius 2 is 2.05 bits per heavy atom. The average molecular weight is 289 g/mol. The summed E-state index contributed by atoms with van der Waals surface area (Å²) in [5, 5.41) is 6.30. The lowest BCUT2D eigenvalue weighted by Crippen LogP contribution is -2.35. The molecular formula is C17H27N3O. The van der Waals surface area contributed by atoms with Crippen LogP contribution in [-0.4, -0.2) is 31.6 Å². The van der Waals surface area contributed by atoms with Crippen molar-refractivity contribution in [3.63, 3.8) is 0 Å². The molecule has 1 fully saturated rings. The monoisotopic (exact) mass is 289 g/mol. The predicted octanol–water partition coefficient (Wildman–Crippen LogP) is 2.86. The highest BCUT2D eigenvalue weighted by atomic mass is 16.2.